The Morgan fingerprint density at radius 2 is 1.64 bits per heavy atom. The van der Waals surface area contributed by atoms with Crippen molar-refractivity contribution in [2.24, 2.45) is 0 Å². The molecule has 4 rings (SSSR count). The molecule has 0 atom stereocenters. The van der Waals surface area contributed by atoms with E-state index in [2.05, 4.69) is 5.32 Å². The third-order valence-corrected chi connectivity index (χ3v) is 7.70. The van der Waals surface area contributed by atoms with Gasteiger partial charge in [0.2, 0.25) is 11.7 Å². The molecule has 1 aliphatic rings. The number of nitrogens with zero attached hydrogens (tertiary/aromatic N) is 1. The number of rotatable bonds is 8. The van der Waals surface area contributed by atoms with Crippen LogP contribution in [0.5, 0.6) is 17.2 Å². The van der Waals surface area contributed by atoms with Crippen LogP contribution in [0.15, 0.2) is 71.6 Å². The molecule has 188 valence electrons. The summed E-state index contributed by atoms with van der Waals surface area (Å²) in [5, 5.41) is 2.82. The van der Waals surface area contributed by atoms with E-state index in [0.717, 1.165) is 18.4 Å². The number of sulfonamides is 1. The minimum Gasteiger partial charge on any atom is -0.493 e. The molecule has 0 bridgehead atoms. The minimum atomic E-state index is -3.71. The number of ether oxygens (including phenoxy) is 3. The normalized spacial score (nSPS) is 13.2. The van der Waals surface area contributed by atoms with Crippen LogP contribution in [-0.2, 0) is 21.2 Å². The molecule has 1 heterocycles. The van der Waals surface area contributed by atoms with Gasteiger partial charge in [0.1, 0.15) is 0 Å². The molecule has 36 heavy (non-hydrogen) atoms. The minimum absolute atomic E-state index is 0.237. The van der Waals surface area contributed by atoms with E-state index in [9.17, 15) is 13.2 Å². The van der Waals surface area contributed by atoms with Crippen LogP contribution in [0.1, 0.15) is 17.5 Å². The highest BCUT2D eigenvalue weighted by atomic mass is 32.2. The summed E-state index contributed by atoms with van der Waals surface area (Å²) in [6.07, 6.45) is 4.51. The molecule has 0 spiro atoms. The van der Waals surface area contributed by atoms with Gasteiger partial charge in [-0.15, -0.1) is 0 Å². The van der Waals surface area contributed by atoms with E-state index in [1.165, 1.54) is 31.7 Å². The highest BCUT2D eigenvalue weighted by Crippen LogP contribution is 2.38. The third kappa shape index (κ3) is 5.16. The van der Waals surface area contributed by atoms with Crippen molar-refractivity contribution in [2.45, 2.75) is 17.7 Å². The van der Waals surface area contributed by atoms with Crippen LogP contribution in [0.3, 0.4) is 0 Å². The fourth-order valence-electron chi connectivity index (χ4n) is 4.14. The smallest absolute Gasteiger partial charge is 0.264 e. The molecular formula is C27H28N2O6S. The predicted molar refractivity (Wildman–Crippen MR) is 139 cm³/mol. The number of carbonyl (C=O) groups is 1. The lowest BCUT2D eigenvalue weighted by molar-refractivity contribution is -0.111. The maximum absolute atomic E-state index is 13.3. The van der Waals surface area contributed by atoms with Crippen molar-refractivity contribution in [1.82, 2.24) is 0 Å². The summed E-state index contributed by atoms with van der Waals surface area (Å²) in [6, 6.07) is 17.2. The lowest BCUT2D eigenvalue weighted by Gasteiger charge is -2.31. The molecule has 8 nitrogen and oxygen atoms in total. The summed E-state index contributed by atoms with van der Waals surface area (Å²) in [5.41, 5.74) is 2.69. The molecule has 0 fully saturated rings. The van der Waals surface area contributed by atoms with Crippen molar-refractivity contribution in [2.75, 3.05) is 37.5 Å². The van der Waals surface area contributed by atoms with Crippen LogP contribution in [0.2, 0.25) is 0 Å². The fourth-order valence-corrected chi connectivity index (χ4v) is 5.70. The summed E-state index contributed by atoms with van der Waals surface area (Å²) >= 11 is 0. The first kappa shape index (κ1) is 25.1. The second-order valence-corrected chi connectivity index (χ2v) is 9.98. The number of hydrogen-bond donors (Lipinski definition) is 1. The number of methoxy groups -OCH3 is 3. The van der Waals surface area contributed by atoms with Crippen LogP contribution in [0.25, 0.3) is 6.08 Å². The molecule has 3 aromatic carbocycles. The molecule has 1 amide bonds. The Kier molecular flexibility index (Phi) is 7.49. The largest absolute Gasteiger partial charge is 0.493 e. The average molecular weight is 509 g/mol. The number of carbonyl (C=O) groups excluding carboxylic acids is 1. The van der Waals surface area contributed by atoms with Gasteiger partial charge in [0.25, 0.3) is 10.0 Å². The molecule has 0 unspecified atom stereocenters. The van der Waals surface area contributed by atoms with Crippen molar-refractivity contribution in [1.29, 1.82) is 0 Å². The van der Waals surface area contributed by atoms with E-state index < -0.39 is 10.0 Å². The van der Waals surface area contributed by atoms with Crippen molar-refractivity contribution in [3.05, 3.63) is 77.9 Å². The Balaban J connectivity index is 1.56. The Hall–Kier alpha value is -3.98. The number of aryl methyl sites for hydroxylation is 1. The Morgan fingerprint density at radius 1 is 0.944 bits per heavy atom. The van der Waals surface area contributed by atoms with Crippen molar-refractivity contribution in [3.63, 3.8) is 0 Å². The van der Waals surface area contributed by atoms with Gasteiger partial charge in [-0.2, -0.15) is 0 Å². The summed E-state index contributed by atoms with van der Waals surface area (Å²) in [7, 11) is 0.854. The number of nitrogens with one attached hydrogen (secondary N) is 1. The molecule has 0 saturated heterocycles. The maximum Gasteiger partial charge on any atom is 0.264 e. The lowest BCUT2D eigenvalue weighted by atomic mass is 10.0. The van der Waals surface area contributed by atoms with Crippen LogP contribution in [0, 0.1) is 0 Å². The van der Waals surface area contributed by atoms with E-state index in [-0.39, 0.29) is 10.8 Å². The number of benzene rings is 3. The summed E-state index contributed by atoms with van der Waals surface area (Å²) in [4.78, 5) is 12.9. The summed E-state index contributed by atoms with van der Waals surface area (Å²) < 4.78 is 44.0. The SMILES string of the molecule is COc1cc(/C=C/C(=O)Nc2ccc3c(c2)N(S(=O)(=O)c2ccccc2)CCC3)cc(OC)c1OC. The quantitative estimate of drug-likeness (QED) is 0.450. The molecule has 0 aromatic heterocycles. The topological polar surface area (TPSA) is 94.2 Å². The fraction of sp³-hybridized carbons (Fsp3) is 0.222. The maximum atomic E-state index is 13.3. The number of anilines is 2. The van der Waals surface area contributed by atoms with Gasteiger partial charge in [0.15, 0.2) is 11.5 Å². The van der Waals surface area contributed by atoms with Crippen LogP contribution < -0.4 is 23.8 Å². The zero-order valence-corrected chi connectivity index (χ0v) is 21.2. The van der Waals surface area contributed by atoms with Crippen molar-refractivity contribution >= 4 is 33.4 Å². The lowest BCUT2D eigenvalue weighted by Crippen LogP contribution is -2.35. The molecule has 1 N–H and O–H groups in total. The van der Waals surface area contributed by atoms with Crippen LogP contribution >= 0.6 is 0 Å². The van der Waals surface area contributed by atoms with E-state index in [0.29, 0.717) is 40.7 Å². The van der Waals surface area contributed by atoms with Gasteiger partial charge < -0.3 is 19.5 Å². The first-order valence-electron chi connectivity index (χ1n) is 11.4. The zero-order valence-electron chi connectivity index (χ0n) is 20.4. The van der Waals surface area contributed by atoms with Crippen molar-refractivity contribution in [3.8, 4) is 17.2 Å². The second kappa shape index (κ2) is 10.7. The molecular weight excluding hydrogens is 480 g/mol. The highest BCUT2D eigenvalue weighted by Gasteiger charge is 2.29. The average Bonchev–Trinajstić information content (AvgIpc) is 2.91. The summed E-state index contributed by atoms with van der Waals surface area (Å²) in [6.45, 7) is 0.378. The van der Waals surface area contributed by atoms with Gasteiger partial charge in [-0.25, -0.2) is 8.42 Å². The number of hydrogen-bond acceptors (Lipinski definition) is 6. The van der Waals surface area contributed by atoms with Gasteiger partial charge in [-0.05, 0) is 66.4 Å². The first-order chi connectivity index (χ1) is 17.4. The summed E-state index contributed by atoms with van der Waals surface area (Å²) in [5.74, 6) is 1.06. The van der Waals surface area contributed by atoms with Gasteiger partial charge in [0, 0.05) is 18.3 Å². The van der Waals surface area contributed by atoms with Gasteiger partial charge in [-0.1, -0.05) is 24.3 Å². The second-order valence-electron chi connectivity index (χ2n) is 8.12. The monoisotopic (exact) mass is 508 g/mol. The van der Waals surface area contributed by atoms with E-state index in [1.807, 2.05) is 6.07 Å². The molecule has 9 heteroatoms. The van der Waals surface area contributed by atoms with Crippen LogP contribution in [0.4, 0.5) is 11.4 Å². The standard InChI is InChI=1S/C27H28N2O6S/c1-33-24-16-19(17-25(34-2)27(24)35-3)11-14-26(30)28-21-13-12-20-8-7-15-29(23(20)18-21)36(31,32)22-9-5-4-6-10-22/h4-6,9-14,16-18H,7-8,15H2,1-3H3,(H,28,30)/b14-11+. The van der Waals surface area contributed by atoms with Crippen molar-refractivity contribution < 1.29 is 27.4 Å². The van der Waals surface area contributed by atoms with E-state index >= 15 is 0 Å². The van der Waals surface area contributed by atoms with Gasteiger partial charge in [-0.3, -0.25) is 9.10 Å². The van der Waals surface area contributed by atoms with E-state index in [1.54, 1.807) is 60.7 Å². The molecule has 0 saturated carbocycles. The zero-order chi connectivity index (χ0) is 25.7. The molecule has 0 aliphatic carbocycles. The van der Waals surface area contributed by atoms with Gasteiger partial charge >= 0.3 is 0 Å². The third-order valence-electron chi connectivity index (χ3n) is 5.87. The van der Waals surface area contributed by atoms with E-state index in [4.69, 9.17) is 14.2 Å². The number of amides is 1. The molecule has 0 radical (unpaired) electrons. The molecule has 1 aliphatic heterocycles. The Morgan fingerprint density at radius 3 is 2.28 bits per heavy atom. The Bertz CT molecular complexity index is 1360. The number of fused-ring (bicyclic) bond motifs is 1. The molecule has 3 aromatic rings. The van der Waals surface area contributed by atoms with Gasteiger partial charge in [0.05, 0.1) is 31.9 Å². The first-order valence-corrected chi connectivity index (χ1v) is 12.8. The Labute approximate surface area is 211 Å². The van der Waals surface area contributed by atoms with Crippen LogP contribution in [-0.4, -0.2) is 42.2 Å². The highest BCUT2D eigenvalue weighted by molar-refractivity contribution is 7.92. The predicted octanol–water partition coefficient (Wildman–Crippen LogP) is 4.51.